The summed E-state index contributed by atoms with van der Waals surface area (Å²) in [7, 11) is -6.81. The van der Waals surface area contributed by atoms with Gasteiger partial charge in [0.05, 0.1) is 36.5 Å². The van der Waals surface area contributed by atoms with E-state index in [2.05, 4.69) is 0 Å². The van der Waals surface area contributed by atoms with Gasteiger partial charge >= 0.3 is 5.97 Å². The average molecular weight is 489 g/mol. The Balaban J connectivity index is 2.02. The predicted octanol–water partition coefficient (Wildman–Crippen LogP) is 1.36. The molecule has 1 amide bonds. The van der Waals surface area contributed by atoms with E-state index in [4.69, 9.17) is 9.47 Å². The van der Waals surface area contributed by atoms with Crippen molar-refractivity contribution in [2.45, 2.75) is 38.5 Å². The summed E-state index contributed by atoms with van der Waals surface area (Å²) < 4.78 is 64.3. The van der Waals surface area contributed by atoms with E-state index in [0.29, 0.717) is 17.1 Å². The first-order valence-electron chi connectivity index (χ1n) is 10.3. The van der Waals surface area contributed by atoms with Crippen LogP contribution >= 0.6 is 0 Å². The second-order valence-electron chi connectivity index (χ2n) is 8.50. The van der Waals surface area contributed by atoms with E-state index in [9.17, 15) is 26.4 Å². The van der Waals surface area contributed by atoms with Gasteiger partial charge in [0.15, 0.2) is 0 Å². The molecule has 1 aromatic rings. The minimum absolute atomic E-state index is 0.00955. The molecule has 12 heteroatoms. The van der Waals surface area contributed by atoms with Gasteiger partial charge in [0.2, 0.25) is 26.0 Å². The van der Waals surface area contributed by atoms with Crippen LogP contribution in [-0.2, 0) is 34.4 Å². The third kappa shape index (κ3) is 4.35. The first-order chi connectivity index (χ1) is 14.8. The minimum Gasteiger partial charge on any atom is -0.495 e. The molecular weight excluding hydrogens is 460 g/mol. The molecule has 0 aromatic heterocycles. The lowest BCUT2D eigenvalue weighted by molar-refractivity contribution is -0.149. The number of piperidine rings is 1. The molecule has 0 aliphatic carbocycles. The van der Waals surface area contributed by atoms with E-state index >= 15 is 0 Å². The zero-order chi connectivity index (χ0) is 23.9. The number of esters is 1. The Labute approximate surface area is 188 Å². The summed E-state index contributed by atoms with van der Waals surface area (Å²) in [5, 5.41) is 0. The van der Waals surface area contributed by atoms with Crippen molar-refractivity contribution in [2.75, 3.05) is 36.9 Å². The number of ether oxygens (including phenoxy) is 2. The fourth-order valence-corrected chi connectivity index (χ4v) is 7.81. The minimum atomic E-state index is -4.15. The molecular formula is C20H28N2O8S2. The molecule has 0 unspecified atom stereocenters. The van der Waals surface area contributed by atoms with Crippen LogP contribution in [0.4, 0.5) is 5.69 Å². The van der Waals surface area contributed by atoms with Crippen molar-refractivity contribution in [3.05, 3.63) is 18.2 Å². The average Bonchev–Trinajstić information content (AvgIpc) is 2.90. The molecule has 178 valence electrons. The van der Waals surface area contributed by atoms with Crippen LogP contribution in [0, 0.1) is 11.3 Å². The van der Waals surface area contributed by atoms with Gasteiger partial charge in [0.25, 0.3) is 0 Å². The molecule has 0 saturated carbocycles. The molecule has 0 radical (unpaired) electrons. The number of anilines is 1. The lowest BCUT2D eigenvalue weighted by Gasteiger charge is -2.31. The maximum atomic E-state index is 13.5. The summed E-state index contributed by atoms with van der Waals surface area (Å²) in [4.78, 5) is 24.6. The van der Waals surface area contributed by atoms with E-state index in [1.165, 1.54) is 37.4 Å². The number of carbonyl (C=O) groups excluding carboxylic acids is 2. The topological polar surface area (TPSA) is 127 Å². The van der Waals surface area contributed by atoms with E-state index in [1.807, 2.05) is 0 Å². The second-order valence-corrected chi connectivity index (χ2v) is 12.2. The molecule has 0 spiro atoms. The van der Waals surface area contributed by atoms with E-state index < -0.39 is 43.3 Å². The Morgan fingerprint density at radius 2 is 1.97 bits per heavy atom. The van der Waals surface area contributed by atoms with Crippen molar-refractivity contribution in [1.82, 2.24) is 4.31 Å². The van der Waals surface area contributed by atoms with Gasteiger partial charge in [-0.1, -0.05) is 0 Å². The van der Waals surface area contributed by atoms with Gasteiger partial charge in [0.1, 0.15) is 10.6 Å². The van der Waals surface area contributed by atoms with Crippen molar-refractivity contribution in [2.24, 2.45) is 11.3 Å². The molecule has 0 N–H and O–H groups in total. The monoisotopic (exact) mass is 488 g/mol. The first kappa shape index (κ1) is 24.5. The zero-order valence-corrected chi connectivity index (χ0v) is 20.2. The lowest BCUT2D eigenvalue weighted by atomic mass is 9.95. The number of rotatable bonds is 6. The van der Waals surface area contributed by atoms with E-state index in [0.717, 1.165) is 6.07 Å². The number of hydrogen-bond donors (Lipinski definition) is 0. The summed E-state index contributed by atoms with van der Waals surface area (Å²) in [6.07, 6.45) is 0.982. The summed E-state index contributed by atoms with van der Waals surface area (Å²) in [6.45, 7) is 5.07. The summed E-state index contributed by atoms with van der Waals surface area (Å²) in [5.74, 6) is -2.04. The highest BCUT2D eigenvalue weighted by molar-refractivity contribution is 7.94. The molecule has 3 rings (SSSR count). The van der Waals surface area contributed by atoms with Crippen LogP contribution in [0.3, 0.4) is 0 Å². The molecule has 1 aromatic carbocycles. The molecule has 2 heterocycles. The van der Waals surface area contributed by atoms with Gasteiger partial charge in [-0.2, -0.15) is 4.31 Å². The Hall–Kier alpha value is -2.18. The van der Waals surface area contributed by atoms with E-state index in [1.54, 1.807) is 6.92 Å². The fourth-order valence-electron chi connectivity index (χ4n) is 4.01. The molecule has 0 bridgehead atoms. The third-order valence-electron chi connectivity index (χ3n) is 5.59. The number of sulfonamides is 2. The maximum Gasteiger partial charge on any atom is 0.310 e. The number of carbonyl (C=O) groups is 2. The van der Waals surface area contributed by atoms with Crippen LogP contribution in [0.1, 0.15) is 33.6 Å². The Kier molecular flexibility index (Phi) is 6.60. The highest BCUT2D eigenvalue weighted by atomic mass is 32.2. The first-order valence-corrected chi connectivity index (χ1v) is 13.3. The zero-order valence-electron chi connectivity index (χ0n) is 18.5. The number of hydrogen-bond acceptors (Lipinski definition) is 8. The third-order valence-corrected chi connectivity index (χ3v) is 9.49. The normalized spacial score (nSPS) is 23.2. The predicted molar refractivity (Wildman–Crippen MR) is 116 cm³/mol. The summed E-state index contributed by atoms with van der Waals surface area (Å²) in [5.41, 5.74) is -1.20. The molecule has 2 aliphatic heterocycles. The smallest absolute Gasteiger partial charge is 0.310 e. The maximum absolute atomic E-state index is 13.5. The van der Waals surface area contributed by atoms with Gasteiger partial charge in [-0.15, -0.1) is 0 Å². The molecule has 2 aliphatic rings. The Bertz CT molecular complexity index is 1130. The number of benzene rings is 1. The Morgan fingerprint density at radius 1 is 1.28 bits per heavy atom. The van der Waals surface area contributed by atoms with Crippen molar-refractivity contribution in [3.63, 3.8) is 0 Å². The highest BCUT2D eigenvalue weighted by Crippen LogP contribution is 2.39. The van der Waals surface area contributed by atoms with Crippen LogP contribution in [0.15, 0.2) is 23.1 Å². The highest BCUT2D eigenvalue weighted by Gasteiger charge is 2.50. The van der Waals surface area contributed by atoms with Gasteiger partial charge in [0, 0.05) is 13.1 Å². The Morgan fingerprint density at radius 3 is 2.53 bits per heavy atom. The van der Waals surface area contributed by atoms with Crippen molar-refractivity contribution in [3.8, 4) is 5.75 Å². The van der Waals surface area contributed by atoms with Crippen LogP contribution in [-0.4, -0.2) is 65.6 Å². The number of methoxy groups -OCH3 is 1. The standard InChI is InChI=1S/C20H28N2O8S2/c1-5-30-18(23)14-7-6-10-21(12-14)32(27,28)17-11-15(8-9-16(17)29-4)22-19(24)20(2,3)13-31(22,25)26/h8-9,11,14H,5-7,10,12-13H2,1-4H3/t14-/m0/s1. The number of nitrogens with zero attached hydrogens (tertiary/aromatic N) is 2. The summed E-state index contributed by atoms with van der Waals surface area (Å²) >= 11 is 0. The molecule has 2 fully saturated rings. The molecule has 1 atom stereocenters. The summed E-state index contributed by atoms with van der Waals surface area (Å²) in [6, 6.07) is 3.80. The van der Waals surface area contributed by atoms with Gasteiger partial charge < -0.3 is 9.47 Å². The van der Waals surface area contributed by atoms with Crippen LogP contribution in [0.25, 0.3) is 0 Å². The van der Waals surface area contributed by atoms with E-state index in [-0.39, 0.29) is 41.8 Å². The largest absolute Gasteiger partial charge is 0.495 e. The van der Waals surface area contributed by atoms with Gasteiger partial charge in [-0.3, -0.25) is 9.59 Å². The van der Waals surface area contributed by atoms with Crippen LogP contribution < -0.4 is 9.04 Å². The van der Waals surface area contributed by atoms with Crippen LogP contribution in [0.5, 0.6) is 5.75 Å². The fraction of sp³-hybridized carbons (Fsp3) is 0.600. The lowest BCUT2D eigenvalue weighted by Crippen LogP contribution is -2.43. The molecule has 10 nitrogen and oxygen atoms in total. The molecule has 2 saturated heterocycles. The second kappa shape index (κ2) is 8.64. The van der Waals surface area contributed by atoms with Gasteiger partial charge in [-0.05, 0) is 51.8 Å². The van der Waals surface area contributed by atoms with Crippen molar-refractivity contribution in [1.29, 1.82) is 0 Å². The van der Waals surface area contributed by atoms with Gasteiger partial charge in [-0.25, -0.2) is 21.1 Å². The van der Waals surface area contributed by atoms with Crippen molar-refractivity contribution < 1.29 is 35.9 Å². The SMILES string of the molecule is CCOC(=O)[C@H]1CCCN(S(=O)(=O)c2cc(N3C(=O)C(C)(C)CS3(=O)=O)ccc2OC)C1. The van der Waals surface area contributed by atoms with Crippen molar-refractivity contribution >= 4 is 37.6 Å². The quantitative estimate of drug-likeness (QED) is 0.549. The molecule has 32 heavy (non-hydrogen) atoms. The van der Waals surface area contributed by atoms with Crippen LogP contribution in [0.2, 0.25) is 0 Å². The number of amides is 1.